The maximum Gasteiger partial charge on any atom is 0.339 e. The number of nitrogens with zero attached hydrogens (tertiary/aromatic N) is 1. The fraction of sp³-hybridized carbons (Fsp3) is 0.200. The Morgan fingerprint density at radius 1 is 1.08 bits per heavy atom. The largest absolute Gasteiger partial charge is 0.497 e. The minimum atomic E-state index is -3.96. The molecule has 1 N–H and O–H groups in total. The van der Waals surface area contributed by atoms with Crippen molar-refractivity contribution >= 4 is 21.8 Å². The second kappa shape index (κ2) is 7.18. The molecule has 0 saturated carbocycles. The third-order valence-corrected chi connectivity index (χ3v) is 4.46. The number of benzene rings is 1. The summed E-state index contributed by atoms with van der Waals surface area (Å²) in [7, 11) is 0.0777. The van der Waals surface area contributed by atoms with E-state index in [0.29, 0.717) is 5.75 Å². The molecule has 0 amide bonds. The number of ether oxygens (including phenoxy) is 3. The summed E-state index contributed by atoms with van der Waals surface area (Å²) in [5, 5.41) is 0. The first kappa shape index (κ1) is 17.5. The SMILES string of the molecule is COC(=O)c1ccc(NS(=O)(=O)c2cc(OC)ccc2OC)nc1. The Kier molecular flexibility index (Phi) is 5.24. The molecule has 0 aliphatic carbocycles. The predicted molar refractivity (Wildman–Crippen MR) is 85.9 cm³/mol. The highest BCUT2D eigenvalue weighted by atomic mass is 32.2. The second-order valence-corrected chi connectivity index (χ2v) is 6.20. The fourth-order valence-electron chi connectivity index (χ4n) is 1.88. The minimum Gasteiger partial charge on any atom is -0.497 e. The van der Waals surface area contributed by atoms with Gasteiger partial charge in [-0.3, -0.25) is 4.72 Å². The molecule has 0 atom stereocenters. The zero-order valence-electron chi connectivity index (χ0n) is 13.3. The van der Waals surface area contributed by atoms with Crippen molar-refractivity contribution in [3.63, 3.8) is 0 Å². The number of aromatic nitrogens is 1. The lowest BCUT2D eigenvalue weighted by Crippen LogP contribution is -2.15. The van der Waals surface area contributed by atoms with Gasteiger partial charge in [0.1, 0.15) is 22.2 Å². The molecular formula is C15H16N2O6S. The molecule has 2 rings (SSSR count). The van der Waals surface area contributed by atoms with Gasteiger partial charge in [0.2, 0.25) is 0 Å². The van der Waals surface area contributed by atoms with Crippen molar-refractivity contribution in [3.05, 3.63) is 42.1 Å². The van der Waals surface area contributed by atoms with Gasteiger partial charge in [0.25, 0.3) is 10.0 Å². The van der Waals surface area contributed by atoms with Gasteiger partial charge in [-0.1, -0.05) is 0 Å². The highest BCUT2D eigenvalue weighted by molar-refractivity contribution is 7.92. The number of carbonyl (C=O) groups excluding carboxylic acids is 1. The summed E-state index contributed by atoms with van der Waals surface area (Å²) in [6.07, 6.45) is 1.21. The Labute approximate surface area is 139 Å². The molecule has 0 aliphatic rings. The Hall–Kier alpha value is -2.81. The van der Waals surface area contributed by atoms with Gasteiger partial charge in [-0.15, -0.1) is 0 Å². The molecule has 24 heavy (non-hydrogen) atoms. The molecule has 0 bridgehead atoms. The van der Waals surface area contributed by atoms with Crippen molar-refractivity contribution in [1.82, 2.24) is 4.98 Å². The lowest BCUT2D eigenvalue weighted by Gasteiger charge is -2.12. The van der Waals surface area contributed by atoms with Crippen molar-refractivity contribution in [1.29, 1.82) is 0 Å². The van der Waals surface area contributed by atoms with E-state index in [4.69, 9.17) is 9.47 Å². The van der Waals surface area contributed by atoms with Gasteiger partial charge in [-0.2, -0.15) is 0 Å². The number of sulfonamides is 1. The van der Waals surface area contributed by atoms with E-state index >= 15 is 0 Å². The summed E-state index contributed by atoms with van der Waals surface area (Å²) in [6.45, 7) is 0. The van der Waals surface area contributed by atoms with E-state index in [0.717, 1.165) is 0 Å². The van der Waals surface area contributed by atoms with Crippen LogP contribution in [0.1, 0.15) is 10.4 Å². The van der Waals surface area contributed by atoms with Gasteiger partial charge < -0.3 is 14.2 Å². The van der Waals surface area contributed by atoms with Crippen LogP contribution in [-0.2, 0) is 14.8 Å². The highest BCUT2D eigenvalue weighted by Crippen LogP contribution is 2.29. The van der Waals surface area contributed by atoms with Crippen LogP contribution < -0.4 is 14.2 Å². The van der Waals surface area contributed by atoms with Crippen molar-refractivity contribution in [2.45, 2.75) is 4.90 Å². The van der Waals surface area contributed by atoms with Gasteiger partial charge >= 0.3 is 5.97 Å². The van der Waals surface area contributed by atoms with E-state index in [1.807, 2.05) is 0 Å². The lowest BCUT2D eigenvalue weighted by atomic mass is 10.3. The third-order valence-electron chi connectivity index (χ3n) is 3.08. The summed E-state index contributed by atoms with van der Waals surface area (Å²) in [6, 6.07) is 7.17. The minimum absolute atomic E-state index is 0.0486. The molecule has 1 aromatic heterocycles. The van der Waals surface area contributed by atoms with Crippen LogP contribution in [0.3, 0.4) is 0 Å². The third kappa shape index (κ3) is 3.74. The number of anilines is 1. The number of hydrogen-bond donors (Lipinski definition) is 1. The van der Waals surface area contributed by atoms with Crippen LogP contribution in [-0.4, -0.2) is 40.7 Å². The van der Waals surface area contributed by atoms with Gasteiger partial charge in [0.05, 0.1) is 26.9 Å². The van der Waals surface area contributed by atoms with Crippen LogP contribution in [0.4, 0.5) is 5.82 Å². The molecule has 1 aromatic carbocycles. The molecule has 0 radical (unpaired) electrons. The first-order valence-electron chi connectivity index (χ1n) is 6.70. The van der Waals surface area contributed by atoms with Gasteiger partial charge in [0, 0.05) is 12.3 Å². The predicted octanol–water partition coefficient (Wildman–Crippen LogP) is 1.69. The molecule has 0 aliphatic heterocycles. The summed E-state index contributed by atoms with van der Waals surface area (Å²) in [4.78, 5) is 15.2. The summed E-state index contributed by atoms with van der Waals surface area (Å²) in [5.41, 5.74) is 0.208. The first-order chi connectivity index (χ1) is 11.4. The van der Waals surface area contributed by atoms with Crippen molar-refractivity contribution < 1.29 is 27.4 Å². The Bertz CT molecular complexity index is 834. The van der Waals surface area contributed by atoms with Crippen LogP contribution in [0.15, 0.2) is 41.4 Å². The molecule has 0 saturated heterocycles. The standard InChI is InChI=1S/C15H16N2O6S/c1-21-11-5-6-12(22-2)13(8-11)24(19,20)17-14-7-4-10(9-16-14)15(18)23-3/h4-9H,1-3H3,(H,16,17). The van der Waals surface area contributed by atoms with Crippen LogP contribution >= 0.6 is 0 Å². The maximum absolute atomic E-state index is 12.5. The Morgan fingerprint density at radius 3 is 2.38 bits per heavy atom. The van der Waals surface area contributed by atoms with Crippen LogP contribution in [0.5, 0.6) is 11.5 Å². The molecule has 128 valence electrons. The average Bonchev–Trinajstić information content (AvgIpc) is 2.60. The molecular weight excluding hydrogens is 336 g/mol. The molecule has 0 fully saturated rings. The van der Waals surface area contributed by atoms with Gasteiger partial charge in [-0.05, 0) is 24.3 Å². The molecule has 9 heteroatoms. The Morgan fingerprint density at radius 2 is 1.83 bits per heavy atom. The number of carbonyl (C=O) groups is 1. The van der Waals surface area contributed by atoms with Crippen LogP contribution in [0.2, 0.25) is 0 Å². The number of esters is 1. The summed E-state index contributed by atoms with van der Waals surface area (Å²) in [5.74, 6) is 0.0125. The normalized spacial score (nSPS) is 10.8. The highest BCUT2D eigenvalue weighted by Gasteiger charge is 2.21. The number of hydrogen-bond acceptors (Lipinski definition) is 7. The average molecular weight is 352 g/mol. The van der Waals surface area contributed by atoms with E-state index in [1.165, 1.54) is 51.8 Å². The number of methoxy groups -OCH3 is 3. The monoisotopic (exact) mass is 352 g/mol. The lowest BCUT2D eigenvalue weighted by molar-refractivity contribution is 0.0600. The number of rotatable bonds is 6. The smallest absolute Gasteiger partial charge is 0.339 e. The molecule has 0 spiro atoms. The van der Waals surface area contributed by atoms with E-state index in [-0.39, 0.29) is 22.0 Å². The fourth-order valence-corrected chi connectivity index (χ4v) is 3.07. The summed E-state index contributed by atoms with van der Waals surface area (Å²) < 4.78 is 42.1. The van der Waals surface area contributed by atoms with Crippen molar-refractivity contribution in [2.75, 3.05) is 26.1 Å². The molecule has 1 heterocycles. The van der Waals surface area contributed by atoms with Crippen molar-refractivity contribution in [3.8, 4) is 11.5 Å². The second-order valence-electron chi connectivity index (χ2n) is 4.55. The van der Waals surface area contributed by atoms with Crippen molar-refractivity contribution in [2.24, 2.45) is 0 Å². The van der Waals surface area contributed by atoms with Gasteiger partial charge in [-0.25, -0.2) is 18.2 Å². The summed E-state index contributed by atoms with van der Waals surface area (Å²) >= 11 is 0. The Balaban J connectivity index is 2.33. The quantitative estimate of drug-likeness (QED) is 0.789. The molecule has 0 unspecified atom stereocenters. The zero-order chi connectivity index (χ0) is 17.7. The van der Waals surface area contributed by atoms with Crippen LogP contribution in [0, 0.1) is 0 Å². The van der Waals surface area contributed by atoms with E-state index in [9.17, 15) is 13.2 Å². The topological polar surface area (TPSA) is 104 Å². The number of nitrogens with one attached hydrogen (secondary N) is 1. The van der Waals surface area contributed by atoms with Gasteiger partial charge in [0.15, 0.2) is 0 Å². The zero-order valence-corrected chi connectivity index (χ0v) is 14.1. The maximum atomic E-state index is 12.5. The van der Waals surface area contributed by atoms with E-state index in [1.54, 1.807) is 6.07 Å². The van der Waals surface area contributed by atoms with E-state index < -0.39 is 16.0 Å². The van der Waals surface area contributed by atoms with E-state index in [2.05, 4.69) is 14.4 Å². The van der Waals surface area contributed by atoms with Crippen LogP contribution in [0.25, 0.3) is 0 Å². The molecule has 2 aromatic rings. The number of pyridine rings is 1. The molecule has 8 nitrogen and oxygen atoms in total. The first-order valence-corrected chi connectivity index (χ1v) is 8.19.